The van der Waals surface area contributed by atoms with Crippen molar-refractivity contribution in [1.29, 1.82) is 0 Å². The summed E-state index contributed by atoms with van der Waals surface area (Å²) in [5.74, 6) is 1.84. The smallest absolute Gasteiger partial charge is 0.300 e. The largest absolute Gasteiger partial charge is 0.454 e. The summed E-state index contributed by atoms with van der Waals surface area (Å²) in [4.78, 5) is 25.3. The molecule has 3 heterocycles. The zero-order valence-electron chi connectivity index (χ0n) is 18.4. The Morgan fingerprint density at radius 1 is 1.03 bits per heavy atom. The Balaban J connectivity index is 1.25. The lowest BCUT2D eigenvalue weighted by molar-refractivity contribution is -0.121. The Labute approximate surface area is 189 Å². The highest BCUT2D eigenvalue weighted by atomic mass is 16.7. The van der Waals surface area contributed by atoms with Gasteiger partial charge in [0, 0.05) is 37.5 Å². The van der Waals surface area contributed by atoms with Gasteiger partial charge in [-0.15, -0.1) is 10.2 Å². The molecule has 0 unspecified atom stereocenters. The number of ether oxygens (including phenoxy) is 2. The Bertz CT molecular complexity index is 1420. The third-order valence-electron chi connectivity index (χ3n) is 5.81. The van der Waals surface area contributed by atoms with E-state index in [1.807, 2.05) is 50.2 Å². The summed E-state index contributed by atoms with van der Waals surface area (Å²) in [5.41, 5.74) is 3.94. The zero-order chi connectivity index (χ0) is 22.9. The number of benzene rings is 2. The highest BCUT2D eigenvalue weighted by Crippen LogP contribution is 2.32. The number of carbonyl (C=O) groups is 1. The minimum Gasteiger partial charge on any atom is -0.454 e. The number of nitrogens with one attached hydrogen (secondary N) is 1. The van der Waals surface area contributed by atoms with E-state index in [1.165, 1.54) is 0 Å². The highest BCUT2D eigenvalue weighted by Gasteiger charge is 2.15. The number of rotatable bonds is 6. The van der Waals surface area contributed by atoms with Crippen LogP contribution < -0.4 is 20.3 Å². The maximum absolute atomic E-state index is 13.0. The molecular formula is C24H23N5O4. The van der Waals surface area contributed by atoms with Gasteiger partial charge in [-0.2, -0.15) is 0 Å². The molecule has 2 aromatic carbocycles. The number of amides is 1. The summed E-state index contributed by atoms with van der Waals surface area (Å²) in [6.07, 6.45) is 4.05. The first-order valence-electron chi connectivity index (χ1n) is 10.7. The maximum atomic E-state index is 13.0. The van der Waals surface area contributed by atoms with Crippen molar-refractivity contribution in [3.63, 3.8) is 0 Å². The van der Waals surface area contributed by atoms with Crippen molar-refractivity contribution < 1.29 is 14.3 Å². The maximum Gasteiger partial charge on any atom is 0.300 e. The quantitative estimate of drug-likeness (QED) is 0.490. The van der Waals surface area contributed by atoms with Crippen LogP contribution in [-0.2, 0) is 17.8 Å². The first kappa shape index (κ1) is 20.7. The molecule has 0 saturated carbocycles. The number of hydrogen-bond acceptors (Lipinski definition) is 6. The van der Waals surface area contributed by atoms with E-state index in [9.17, 15) is 9.59 Å². The number of hydrogen-bond donors (Lipinski definition) is 1. The Kier molecular flexibility index (Phi) is 5.29. The van der Waals surface area contributed by atoms with Crippen LogP contribution in [0.5, 0.6) is 11.5 Å². The van der Waals surface area contributed by atoms with Crippen LogP contribution in [0.3, 0.4) is 0 Å². The predicted octanol–water partition coefficient (Wildman–Crippen LogP) is 2.47. The fourth-order valence-electron chi connectivity index (χ4n) is 3.75. The molecular weight excluding hydrogens is 422 g/mol. The number of aryl methyl sites for hydroxylation is 3. The molecule has 0 atom stereocenters. The second kappa shape index (κ2) is 8.42. The molecule has 0 aliphatic carbocycles. The summed E-state index contributed by atoms with van der Waals surface area (Å²) in [6.45, 7) is 4.64. The van der Waals surface area contributed by atoms with Crippen molar-refractivity contribution in [3.8, 4) is 17.2 Å². The summed E-state index contributed by atoms with van der Waals surface area (Å²) < 4.78 is 13.9. The molecule has 4 aromatic rings. The lowest BCUT2D eigenvalue weighted by Gasteiger charge is -2.09. The first-order valence-corrected chi connectivity index (χ1v) is 10.7. The molecule has 33 heavy (non-hydrogen) atoms. The molecule has 9 nitrogen and oxygen atoms in total. The highest BCUT2D eigenvalue weighted by molar-refractivity contribution is 5.76. The van der Waals surface area contributed by atoms with Gasteiger partial charge in [0.2, 0.25) is 18.3 Å². The molecule has 1 N–H and O–H groups in total. The second-order valence-electron chi connectivity index (χ2n) is 8.02. The lowest BCUT2D eigenvalue weighted by atomic mass is 10.1. The van der Waals surface area contributed by atoms with Gasteiger partial charge in [-0.05, 0) is 54.8 Å². The van der Waals surface area contributed by atoms with E-state index in [1.54, 1.807) is 21.4 Å². The molecule has 0 fully saturated rings. The van der Waals surface area contributed by atoms with E-state index >= 15 is 0 Å². The second-order valence-corrected chi connectivity index (χ2v) is 8.02. The third-order valence-corrected chi connectivity index (χ3v) is 5.81. The molecule has 9 heteroatoms. The van der Waals surface area contributed by atoms with E-state index in [0.717, 1.165) is 22.4 Å². The Morgan fingerprint density at radius 2 is 1.88 bits per heavy atom. The number of carbonyl (C=O) groups excluding carboxylic acids is 1. The Hall–Kier alpha value is -4.14. The number of fused-ring (bicyclic) bond motifs is 2. The van der Waals surface area contributed by atoms with Gasteiger partial charge < -0.3 is 14.8 Å². The van der Waals surface area contributed by atoms with Crippen LogP contribution in [0.1, 0.15) is 28.9 Å². The SMILES string of the molecule is Cc1ccc(-n2ccn3c(CCC(=O)NCc4ccc5c(c4)OCO5)nnc3c2=O)cc1C. The summed E-state index contributed by atoms with van der Waals surface area (Å²) in [5, 5.41) is 11.1. The fraction of sp³-hybridized carbons (Fsp3) is 0.250. The van der Waals surface area contributed by atoms with E-state index in [2.05, 4.69) is 15.5 Å². The molecule has 168 valence electrons. The summed E-state index contributed by atoms with van der Waals surface area (Å²) in [7, 11) is 0. The molecule has 0 radical (unpaired) electrons. The molecule has 0 saturated heterocycles. The average molecular weight is 445 g/mol. The van der Waals surface area contributed by atoms with E-state index in [0.29, 0.717) is 30.3 Å². The molecule has 1 aliphatic heterocycles. The van der Waals surface area contributed by atoms with Crippen LogP contribution in [0.2, 0.25) is 0 Å². The summed E-state index contributed by atoms with van der Waals surface area (Å²) >= 11 is 0. The van der Waals surface area contributed by atoms with Gasteiger partial charge in [-0.1, -0.05) is 12.1 Å². The van der Waals surface area contributed by atoms with Crippen LogP contribution in [0.4, 0.5) is 0 Å². The van der Waals surface area contributed by atoms with Gasteiger partial charge in [0.05, 0.1) is 0 Å². The van der Waals surface area contributed by atoms with Crippen LogP contribution in [-0.4, -0.2) is 31.9 Å². The van der Waals surface area contributed by atoms with Gasteiger partial charge >= 0.3 is 5.56 Å². The van der Waals surface area contributed by atoms with Crippen molar-refractivity contribution >= 4 is 11.6 Å². The number of nitrogens with zero attached hydrogens (tertiary/aromatic N) is 4. The fourth-order valence-corrected chi connectivity index (χ4v) is 3.75. The van der Waals surface area contributed by atoms with Crippen LogP contribution in [0.15, 0.2) is 53.6 Å². The standard InChI is InChI=1S/C24H23N5O4/c1-15-3-5-18(11-16(15)2)28-9-10-29-21(26-27-23(29)24(28)31)7-8-22(30)25-13-17-4-6-19-20(12-17)33-14-32-19/h3-6,9-12H,7-8,13-14H2,1-2H3,(H,25,30). The molecule has 0 bridgehead atoms. The van der Waals surface area contributed by atoms with Gasteiger partial charge in [-0.3, -0.25) is 18.6 Å². The molecule has 1 aliphatic rings. The predicted molar refractivity (Wildman–Crippen MR) is 121 cm³/mol. The Morgan fingerprint density at radius 3 is 2.73 bits per heavy atom. The van der Waals surface area contributed by atoms with Crippen molar-refractivity contribution in [2.24, 2.45) is 0 Å². The van der Waals surface area contributed by atoms with E-state index < -0.39 is 0 Å². The van der Waals surface area contributed by atoms with Gasteiger partial charge in [0.25, 0.3) is 0 Å². The van der Waals surface area contributed by atoms with Crippen molar-refractivity contribution in [3.05, 3.63) is 81.7 Å². The normalized spacial score (nSPS) is 12.3. The van der Waals surface area contributed by atoms with E-state index in [-0.39, 0.29) is 30.3 Å². The molecule has 5 rings (SSSR count). The minimum absolute atomic E-state index is 0.118. The van der Waals surface area contributed by atoms with Crippen LogP contribution in [0.25, 0.3) is 11.3 Å². The monoisotopic (exact) mass is 445 g/mol. The van der Waals surface area contributed by atoms with Crippen molar-refractivity contribution in [2.45, 2.75) is 33.2 Å². The third kappa shape index (κ3) is 4.05. The average Bonchev–Trinajstić information content (AvgIpc) is 3.45. The molecule has 2 aromatic heterocycles. The van der Waals surface area contributed by atoms with Gasteiger partial charge in [0.1, 0.15) is 5.82 Å². The lowest BCUT2D eigenvalue weighted by Crippen LogP contribution is -2.23. The summed E-state index contributed by atoms with van der Waals surface area (Å²) in [6, 6.07) is 11.4. The zero-order valence-corrected chi connectivity index (χ0v) is 18.4. The van der Waals surface area contributed by atoms with Crippen molar-refractivity contribution in [2.75, 3.05) is 6.79 Å². The van der Waals surface area contributed by atoms with Crippen LogP contribution in [0, 0.1) is 13.8 Å². The number of aromatic nitrogens is 4. The van der Waals surface area contributed by atoms with Gasteiger partial charge in [-0.25, -0.2) is 0 Å². The van der Waals surface area contributed by atoms with Crippen molar-refractivity contribution in [1.82, 2.24) is 24.5 Å². The minimum atomic E-state index is -0.258. The first-order chi connectivity index (χ1) is 16.0. The van der Waals surface area contributed by atoms with Gasteiger partial charge in [0.15, 0.2) is 11.5 Å². The topological polar surface area (TPSA) is 99.8 Å². The molecule has 0 spiro atoms. The molecule has 1 amide bonds. The van der Waals surface area contributed by atoms with E-state index in [4.69, 9.17) is 9.47 Å². The van der Waals surface area contributed by atoms with Crippen LogP contribution >= 0.6 is 0 Å².